The second-order valence-corrected chi connectivity index (χ2v) is 6.85. The number of anilines is 1. The summed E-state index contributed by atoms with van der Waals surface area (Å²) in [5, 5.41) is 2.70. The fraction of sp³-hybridized carbons (Fsp3) is 0.364. The van der Waals surface area contributed by atoms with E-state index in [1.165, 1.54) is 24.6 Å². The van der Waals surface area contributed by atoms with Gasteiger partial charge in [0.2, 0.25) is 0 Å². The molecule has 0 saturated heterocycles. The third-order valence-electron chi connectivity index (χ3n) is 4.64. The van der Waals surface area contributed by atoms with E-state index in [4.69, 9.17) is 9.47 Å². The smallest absolute Gasteiger partial charge is 0.331 e. The van der Waals surface area contributed by atoms with E-state index < -0.39 is 11.9 Å². The van der Waals surface area contributed by atoms with Crippen LogP contribution in [0.2, 0.25) is 0 Å². The summed E-state index contributed by atoms with van der Waals surface area (Å²) < 4.78 is 12.8. The van der Waals surface area contributed by atoms with Crippen molar-refractivity contribution in [3.8, 4) is 5.75 Å². The highest BCUT2D eigenvalue weighted by Gasteiger charge is 2.26. The Bertz CT molecular complexity index is 894. The number of aromatic nitrogens is 1. The molecule has 1 aromatic carbocycles. The van der Waals surface area contributed by atoms with Crippen LogP contribution in [0.15, 0.2) is 36.4 Å². The molecule has 1 heterocycles. The number of aryl methyl sites for hydroxylation is 1. The van der Waals surface area contributed by atoms with E-state index >= 15 is 0 Å². The Labute approximate surface area is 165 Å². The third-order valence-corrected chi connectivity index (χ3v) is 4.64. The van der Waals surface area contributed by atoms with Crippen LogP contribution in [0.1, 0.15) is 42.8 Å². The zero-order valence-corrected chi connectivity index (χ0v) is 16.5. The van der Waals surface area contributed by atoms with Gasteiger partial charge < -0.3 is 19.4 Å². The van der Waals surface area contributed by atoms with Gasteiger partial charge in [-0.15, -0.1) is 0 Å². The summed E-state index contributed by atoms with van der Waals surface area (Å²) >= 11 is 0. The number of benzene rings is 1. The lowest BCUT2D eigenvalue weighted by Crippen LogP contribution is -2.20. The van der Waals surface area contributed by atoms with E-state index in [2.05, 4.69) is 29.8 Å². The topological polar surface area (TPSA) is 69.6 Å². The molecule has 0 unspecified atom stereocenters. The van der Waals surface area contributed by atoms with Crippen LogP contribution in [0.5, 0.6) is 5.75 Å². The molecule has 28 heavy (non-hydrogen) atoms. The van der Waals surface area contributed by atoms with Crippen LogP contribution in [0.4, 0.5) is 5.69 Å². The van der Waals surface area contributed by atoms with Crippen molar-refractivity contribution in [1.82, 2.24) is 4.57 Å². The molecular weight excluding hydrogens is 356 g/mol. The van der Waals surface area contributed by atoms with E-state index in [-0.39, 0.29) is 6.61 Å². The van der Waals surface area contributed by atoms with Gasteiger partial charge in [0, 0.05) is 23.5 Å². The highest BCUT2D eigenvalue weighted by molar-refractivity contribution is 5.95. The van der Waals surface area contributed by atoms with Crippen molar-refractivity contribution in [2.75, 3.05) is 18.5 Å². The van der Waals surface area contributed by atoms with Gasteiger partial charge in [-0.3, -0.25) is 4.79 Å². The zero-order valence-electron chi connectivity index (χ0n) is 16.5. The second-order valence-electron chi connectivity index (χ2n) is 6.85. The maximum atomic E-state index is 12.1. The Morgan fingerprint density at radius 1 is 1.25 bits per heavy atom. The molecule has 1 saturated carbocycles. The molecule has 1 aromatic heterocycles. The van der Waals surface area contributed by atoms with Crippen LogP contribution in [0, 0.1) is 13.8 Å². The van der Waals surface area contributed by atoms with E-state index in [9.17, 15) is 9.59 Å². The molecular formula is C22H26N2O4. The zero-order chi connectivity index (χ0) is 20.1. The molecule has 6 heteroatoms. The maximum absolute atomic E-state index is 12.1. The Hall–Kier alpha value is -3.02. The number of nitrogens with zero attached hydrogens (tertiary/aromatic N) is 1. The number of para-hydroxylation sites is 2. The predicted molar refractivity (Wildman–Crippen MR) is 108 cm³/mol. The average Bonchev–Trinajstić information content (AvgIpc) is 3.45. The van der Waals surface area contributed by atoms with Crippen molar-refractivity contribution in [2.24, 2.45) is 0 Å². The molecule has 2 aromatic rings. The lowest BCUT2D eigenvalue weighted by molar-refractivity contribution is -0.142. The fourth-order valence-corrected chi connectivity index (χ4v) is 3.25. The van der Waals surface area contributed by atoms with Crippen molar-refractivity contribution >= 4 is 23.6 Å². The van der Waals surface area contributed by atoms with E-state index in [0.29, 0.717) is 24.1 Å². The molecule has 0 aliphatic heterocycles. The summed E-state index contributed by atoms with van der Waals surface area (Å²) in [5.41, 5.74) is 3.89. The summed E-state index contributed by atoms with van der Waals surface area (Å²) in [4.78, 5) is 24.0. The molecule has 6 nitrogen and oxygen atoms in total. The summed E-state index contributed by atoms with van der Waals surface area (Å²) in [5.74, 6) is -0.388. The quantitative estimate of drug-likeness (QED) is 0.553. The molecule has 0 bridgehead atoms. The Kier molecular flexibility index (Phi) is 6.19. The summed E-state index contributed by atoms with van der Waals surface area (Å²) in [6.45, 7) is 6.14. The predicted octanol–water partition coefficient (Wildman–Crippen LogP) is 4.03. The van der Waals surface area contributed by atoms with Crippen LogP contribution in [-0.4, -0.2) is 29.7 Å². The Morgan fingerprint density at radius 3 is 2.71 bits per heavy atom. The molecule has 1 aliphatic carbocycles. The normalized spacial score (nSPS) is 13.5. The largest absolute Gasteiger partial charge is 0.492 e. The molecule has 3 rings (SSSR count). The number of ether oxygens (including phenoxy) is 2. The highest BCUT2D eigenvalue weighted by atomic mass is 16.5. The van der Waals surface area contributed by atoms with Crippen LogP contribution in [-0.2, 0) is 14.3 Å². The minimum atomic E-state index is -0.551. The summed E-state index contributed by atoms with van der Waals surface area (Å²) in [6.07, 6.45) is 5.53. The van der Waals surface area contributed by atoms with Gasteiger partial charge in [0.05, 0.1) is 12.3 Å². The molecule has 0 atom stereocenters. The first-order valence-corrected chi connectivity index (χ1v) is 9.54. The number of carbonyl (C=O) groups excluding carboxylic acids is 2. The monoisotopic (exact) mass is 382 g/mol. The van der Waals surface area contributed by atoms with E-state index in [0.717, 1.165) is 11.3 Å². The highest BCUT2D eigenvalue weighted by Crippen LogP contribution is 2.38. The van der Waals surface area contributed by atoms with Crippen LogP contribution in [0.3, 0.4) is 0 Å². The fourth-order valence-electron chi connectivity index (χ4n) is 3.25. The minimum Gasteiger partial charge on any atom is -0.492 e. The van der Waals surface area contributed by atoms with Gasteiger partial charge in [0.15, 0.2) is 6.61 Å². The molecule has 1 fully saturated rings. The first-order chi connectivity index (χ1) is 13.5. The first kappa shape index (κ1) is 19.7. The molecule has 0 spiro atoms. The standard InChI is InChI=1S/C22H26N2O4/c1-4-27-20-8-6-5-7-19(20)23-21(25)14-28-22(26)12-9-17-13-15(2)24(16(17)3)18-10-11-18/h5-9,12-13,18H,4,10-11,14H2,1-3H3,(H,23,25)/b12-9+. The Morgan fingerprint density at radius 2 is 2.00 bits per heavy atom. The van der Waals surface area contributed by atoms with E-state index in [1.807, 2.05) is 13.0 Å². The van der Waals surface area contributed by atoms with Crippen LogP contribution >= 0.6 is 0 Å². The van der Waals surface area contributed by atoms with Crippen molar-refractivity contribution < 1.29 is 19.1 Å². The second kappa shape index (κ2) is 8.78. The number of esters is 1. The number of carbonyl (C=O) groups is 2. The van der Waals surface area contributed by atoms with Gasteiger partial charge >= 0.3 is 5.97 Å². The maximum Gasteiger partial charge on any atom is 0.331 e. The van der Waals surface area contributed by atoms with Crippen molar-refractivity contribution in [3.63, 3.8) is 0 Å². The van der Waals surface area contributed by atoms with Gasteiger partial charge in [-0.2, -0.15) is 0 Å². The lowest BCUT2D eigenvalue weighted by atomic mass is 10.2. The average molecular weight is 382 g/mol. The summed E-state index contributed by atoms with van der Waals surface area (Å²) in [6, 6.07) is 9.79. The van der Waals surface area contributed by atoms with Gasteiger partial charge in [-0.1, -0.05) is 12.1 Å². The van der Waals surface area contributed by atoms with E-state index in [1.54, 1.807) is 24.3 Å². The van der Waals surface area contributed by atoms with Crippen molar-refractivity contribution in [2.45, 2.75) is 39.7 Å². The molecule has 1 amide bonds. The lowest BCUT2D eigenvalue weighted by Gasteiger charge is -2.11. The molecule has 1 N–H and O–H groups in total. The first-order valence-electron chi connectivity index (χ1n) is 9.54. The number of amides is 1. The van der Waals surface area contributed by atoms with Crippen LogP contribution in [0.25, 0.3) is 6.08 Å². The molecule has 1 aliphatic rings. The van der Waals surface area contributed by atoms with Gasteiger partial charge in [0.25, 0.3) is 5.91 Å². The van der Waals surface area contributed by atoms with Crippen molar-refractivity contribution in [3.05, 3.63) is 53.4 Å². The van der Waals surface area contributed by atoms with Gasteiger partial charge in [-0.25, -0.2) is 4.79 Å². The van der Waals surface area contributed by atoms with Crippen molar-refractivity contribution in [1.29, 1.82) is 0 Å². The molecule has 0 radical (unpaired) electrons. The molecule has 148 valence electrons. The van der Waals surface area contributed by atoms with Gasteiger partial charge in [-0.05, 0) is 63.5 Å². The Balaban J connectivity index is 1.52. The number of nitrogens with one attached hydrogen (secondary N) is 1. The number of rotatable bonds is 8. The van der Waals surface area contributed by atoms with Crippen LogP contribution < -0.4 is 10.1 Å². The summed E-state index contributed by atoms with van der Waals surface area (Å²) in [7, 11) is 0. The number of hydrogen-bond acceptors (Lipinski definition) is 4. The SMILES string of the molecule is CCOc1ccccc1NC(=O)COC(=O)/C=C/c1cc(C)n(C2CC2)c1C. The minimum absolute atomic E-state index is 0.356. The van der Waals surface area contributed by atoms with Gasteiger partial charge in [0.1, 0.15) is 5.75 Å². The number of hydrogen-bond donors (Lipinski definition) is 1. The third kappa shape index (κ3) is 4.82.